The fourth-order valence-corrected chi connectivity index (χ4v) is 3.37. The molecule has 1 aliphatic heterocycles. The monoisotopic (exact) mass is 348 g/mol. The molecule has 1 fully saturated rings. The van der Waals surface area contributed by atoms with Gasteiger partial charge >= 0.3 is 0 Å². The minimum Gasteiger partial charge on any atom is -0.370 e. The summed E-state index contributed by atoms with van der Waals surface area (Å²) >= 11 is 0. The molecule has 1 heterocycles. The molecule has 0 spiro atoms. The molecule has 6 heteroatoms. The van der Waals surface area contributed by atoms with E-state index >= 15 is 0 Å². The van der Waals surface area contributed by atoms with Crippen LogP contribution in [0.4, 0.5) is 0 Å². The molecule has 2 aromatic carbocycles. The number of benzene rings is 2. The Morgan fingerprint density at radius 3 is 2.33 bits per heavy atom. The van der Waals surface area contributed by atoms with Crippen molar-refractivity contribution in [2.45, 2.75) is 24.0 Å². The van der Waals surface area contributed by atoms with Gasteiger partial charge in [-0.05, 0) is 24.6 Å². The molecule has 0 N–H and O–H groups in total. The van der Waals surface area contributed by atoms with Gasteiger partial charge in [-0.25, -0.2) is 0 Å². The van der Waals surface area contributed by atoms with Crippen LogP contribution in [0.1, 0.15) is 17.2 Å². The summed E-state index contributed by atoms with van der Waals surface area (Å²) in [7, 11) is -3.78. The van der Waals surface area contributed by atoms with Gasteiger partial charge in [0.1, 0.15) is 12.2 Å². The van der Waals surface area contributed by atoms with E-state index in [0.29, 0.717) is 13.2 Å². The first-order valence-electron chi connectivity index (χ1n) is 7.79. The SMILES string of the molecule is Cc1ccc(S(=O)(=O)OCC2COC(c3ccccc3)CO2)cc1. The third kappa shape index (κ3) is 4.21. The highest BCUT2D eigenvalue weighted by Crippen LogP contribution is 2.23. The number of hydrogen-bond donors (Lipinski definition) is 0. The molecule has 0 aromatic heterocycles. The maximum absolute atomic E-state index is 12.2. The normalized spacial score (nSPS) is 21.5. The van der Waals surface area contributed by atoms with Crippen molar-refractivity contribution in [2.75, 3.05) is 19.8 Å². The van der Waals surface area contributed by atoms with Crippen LogP contribution in [0, 0.1) is 6.92 Å². The second-order valence-corrected chi connectivity index (χ2v) is 7.36. The zero-order valence-corrected chi connectivity index (χ0v) is 14.2. The van der Waals surface area contributed by atoms with E-state index in [1.165, 1.54) is 12.1 Å². The van der Waals surface area contributed by atoms with Crippen LogP contribution in [0.5, 0.6) is 0 Å². The van der Waals surface area contributed by atoms with E-state index < -0.39 is 16.2 Å². The molecule has 0 aliphatic carbocycles. The Morgan fingerprint density at radius 2 is 1.71 bits per heavy atom. The van der Waals surface area contributed by atoms with Crippen LogP contribution in [0.25, 0.3) is 0 Å². The van der Waals surface area contributed by atoms with Crippen molar-refractivity contribution < 1.29 is 22.1 Å². The molecular formula is C18H20O5S. The van der Waals surface area contributed by atoms with Crippen LogP contribution in [0.15, 0.2) is 59.5 Å². The molecule has 2 unspecified atom stereocenters. The lowest BCUT2D eigenvalue weighted by Gasteiger charge is -2.29. The van der Waals surface area contributed by atoms with Gasteiger partial charge in [0.05, 0.1) is 24.7 Å². The van der Waals surface area contributed by atoms with E-state index in [1.54, 1.807) is 12.1 Å². The standard InChI is InChI=1S/C18H20O5S/c1-14-7-9-17(10-8-14)24(19,20)23-12-16-11-22-18(13-21-16)15-5-3-2-4-6-15/h2-10,16,18H,11-13H2,1H3. The maximum atomic E-state index is 12.2. The molecule has 0 amide bonds. The van der Waals surface area contributed by atoms with Crippen LogP contribution in [0.2, 0.25) is 0 Å². The first-order valence-corrected chi connectivity index (χ1v) is 9.20. The lowest BCUT2D eigenvalue weighted by molar-refractivity contribution is -0.144. The molecule has 0 bridgehead atoms. The highest BCUT2D eigenvalue weighted by atomic mass is 32.2. The average Bonchev–Trinajstić information content (AvgIpc) is 2.62. The molecule has 1 saturated heterocycles. The molecule has 1 aliphatic rings. The first kappa shape index (κ1) is 17.1. The third-order valence-corrected chi connectivity index (χ3v) is 5.15. The largest absolute Gasteiger partial charge is 0.370 e. The molecule has 24 heavy (non-hydrogen) atoms. The smallest absolute Gasteiger partial charge is 0.297 e. The molecular weight excluding hydrogens is 328 g/mol. The van der Waals surface area contributed by atoms with E-state index in [9.17, 15) is 8.42 Å². The number of hydrogen-bond acceptors (Lipinski definition) is 5. The van der Waals surface area contributed by atoms with Gasteiger partial charge in [0.25, 0.3) is 10.1 Å². The Kier molecular flexibility index (Phi) is 5.30. The van der Waals surface area contributed by atoms with Crippen LogP contribution in [-0.4, -0.2) is 34.3 Å². The summed E-state index contributed by atoms with van der Waals surface area (Å²) in [6.45, 7) is 2.51. The fraction of sp³-hybridized carbons (Fsp3) is 0.333. The van der Waals surface area contributed by atoms with Crippen molar-refractivity contribution >= 4 is 10.1 Å². The minimum absolute atomic E-state index is 0.0578. The van der Waals surface area contributed by atoms with Crippen molar-refractivity contribution in [3.05, 3.63) is 65.7 Å². The topological polar surface area (TPSA) is 61.8 Å². The van der Waals surface area contributed by atoms with Crippen molar-refractivity contribution in [1.29, 1.82) is 0 Å². The molecule has 128 valence electrons. The van der Waals surface area contributed by atoms with E-state index in [4.69, 9.17) is 13.7 Å². The van der Waals surface area contributed by atoms with Gasteiger partial charge < -0.3 is 9.47 Å². The molecule has 0 saturated carbocycles. The second kappa shape index (κ2) is 7.44. The maximum Gasteiger partial charge on any atom is 0.297 e. The highest BCUT2D eigenvalue weighted by Gasteiger charge is 2.26. The second-order valence-electron chi connectivity index (χ2n) is 5.74. The summed E-state index contributed by atoms with van der Waals surface area (Å²) < 4.78 is 40.9. The third-order valence-electron chi connectivity index (χ3n) is 3.86. The van der Waals surface area contributed by atoms with E-state index in [2.05, 4.69) is 0 Å². The van der Waals surface area contributed by atoms with Crippen molar-refractivity contribution in [3.63, 3.8) is 0 Å². The molecule has 0 radical (unpaired) electrons. The lowest BCUT2D eigenvalue weighted by atomic mass is 10.1. The number of ether oxygens (including phenoxy) is 2. The minimum atomic E-state index is -3.78. The summed E-state index contributed by atoms with van der Waals surface area (Å²) in [6.07, 6.45) is -0.527. The van der Waals surface area contributed by atoms with Crippen molar-refractivity contribution in [3.8, 4) is 0 Å². The molecule has 5 nitrogen and oxygen atoms in total. The quantitative estimate of drug-likeness (QED) is 0.778. The zero-order chi connectivity index (χ0) is 17.0. The molecule has 2 atom stereocenters. The van der Waals surface area contributed by atoms with Gasteiger partial charge in [-0.2, -0.15) is 8.42 Å². The Hall–Kier alpha value is -1.73. The lowest BCUT2D eigenvalue weighted by Crippen LogP contribution is -2.35. The van der Waals surface area contributed by atoms with Crippen LogP contribution in [-0.2, 0) is 23.8 Å². The molecule has 3 rings (SSSR count). The number of rotatable bonds is 5. The van der Waals surface area contributed by atoms with Gasteiger partial charge in [0.15, 0.2) is 0 Å². The van der Waals surface area contributed by atoms with Crippen LogP contribution in [0.3, 0.4) is 0 Å². The summed E-state index contributed by atoms with van der Waals surface area (Å²) in [5, 5.41) is 0. The van der Waals surface area contributed by atoms with Crippen LogP contribution >= 0.6 is 0 Å². The van der Waals surface area contributed by atoms with Gasteiger partial charge in [-0.15, -0.1) is 0 Å². The summed E-state index contributed by atoms with van der Waals surface area (Å²) in [4.78, 5) is 0.145. The van der Waals surface area contributed by atoms with E-state index in [1.807, 2.05) is 37.3 Å². The highest BCUT2D eigenvalue weighted by molar-refractivity contribution is 7.86. The fourth-order valence-electron chi connectivity index (χ4n) is 2.44. The predicted octanol–water partition coefficient (Wildman–Crippen LogP) is 2.86. The Bertz CT molecular complexity index is 748. The Labute approximate surface area is 142 Å². The zero-order valence-electron chi connectivity index (χ0n) is 13.4. The molecule has 2 aromatic rings. The number of aryl methyl sites for hydroxylation is 1. The van der Waals surface area contributed by atoms with Gasteiger partial charge in [-0.3, -0.25) is 4.18 Å². The van der Waals surface area contributed by atoms with Crippen LogP contribution < -0.4 is 0 Å². The van der Waals surface area contributed by atoms with Gasteiger partial charge in [0, 0.05) is 0 Å². The summed E-state index contributed by atoms with van der Waals surface area (Å²) in [6, 6.07) is 16.3. The first-order chi connectivity index (χ1) is 11.5. The van der Waals surface area contributed by atoms with Gasteiger partial charge in [-0.1, -0.05) is 48.0 Å². The Morgan fingerprint density at radius 1 is 1.00 bits per heavy atom. The van der Waals surface area contributed by atoms with Crippen molar-refractivity contribution in [2.24, 2.45) is 0 Å². The van der Waals surface area contributed by atoms with Gasteiger partial charge in [0.2, 0.25) is 0 Å². The average molecular weight is 348 g/mol. The summed E-state index contributed by atoms with van der Waals surface area (Å²) in [5.41, 5.74) is 2.04. The van der Waals surface area contributed by atoms with Crippen molar-refractivity contribution in [1.82, 2.24) is 0 Å². The summed E-state index contributed by atoms with van der Waals surface area (Å²) in [5.74, 6) is 0. The predicted molar refractivity (Wildman–Crippen MR) is 89.2 cm³/mol. The van der Waals surface area contributed by atoms with E-state index in [0.717, 1.165) is 11.1 Å². The Balaban J connectivity index is 1.52. The van der Waals surface area contributed by atoms with E-state index in [-0.39, 0.29) is 17.6 Å².